The fraction of sp³-hybridized carbons (Fsp3) is 0.500. The van der Waals surface area contributed by atoms with Gasteiger partial charge in [0.15, 0.2) is 5.76 Å². The number of sulfonamides is 1. The molecule has 1 fully saturated rings. The minimum Gasteiger partial charge on any atom is -0.442 e. The molecule has 8 nitrogen and oxygen atoms in total. The number of aromatic nitrogens is 2. The first-order valence-electron chi connectivity index (χ1n) is 8.23. The Morgan fingerprint density at radius 3 is 2.80 bits per heavy atom. The highest BCUT2D eigenvalue weighted by Crippen LogP contribution is 2.27. The van der Waals surface area contributed by atoms with Crippen LogP contribution < -0.4 is 4.72 Å². The molecule has 3 rings (SSSR count). The molecule has 136 valence electrons. The predicted molar refractivity (Wildman–Crippen MR) is 91.4 cm³/mol. The van der Waals surface area contributed by atoms with Gasteiger partial charge in [-0.1, -0.05) is 6.92 Å². The van der Waals surface area contributed by atoms with Gasteiger partial charge < -0.3 is 9.32 Å². The van der Waals surface area contributed by atoms with Gasteiger partial charge in [0.25, 0.3) is 10.0 Å². The number of rotatable bonds is 6. The Balaban J connectivity index is 1.75. The normalized spacial score (nSPS) is 18.3. The first kappa shape index (κ1) is 17.7. The smallest absolute Gasteiger partial charge is 0.274 e. The summed E-state index contributed by atoms with van der Waals surface area (Å²) in [6.45, 7) is 6.77. The van der Waals surface area contributed by atoms with Gasteiger partial charge in [-0.05, 0) is 32.4 Å². The lowest BCUT2D eigenvalue weighted by molar-refractivity contribution is -0.127. The van der Waals surface area contributed by atoms with E-state index in [4.69, 9.17) is 4.42 Å². The van der Waals surface area contributed by atoms with E-state index in [9.17, 15) is 13.2 Å². The molecule has 9 heteroatoms. The van der Waals surface area contributed by atoms with E-state index in [0.29, 0.717) is 24.5 Å². The highest BCUT2D eigenvalue weighted by Gasteiger charge is 2.33. The molecule has 0 aliphatic carbocycles. The molecule has 1 aliphatic rings. The Bertz CT molecular complexity index is 884. The average Bonchev–Trinajstić information content (AvgIpc) is 3.22. The first-order chi connectivity index (χ1) is 11.8. The number of aryl methyl sites for hydroxylation is 1. The van der Waals surface area contributed by atoms with Gasteiger partial charge in [-0.3, -0.25) is 9.89 Å². The average molecular weight is 366 g/mol. The lowest BCUT2D eigenvalue weighted by Crippen LogP contribution is -2.37. The molecule has 0 bridgehead atoms. The summed E-state index contributed by atoms with van der Waals surface area (Å²) in [6.07, 6.45) is 1.01. The highest BCUT2D eigenvalue weighted by molar-refractivity contribution is 7.89. The van der Waals surface area contributed by atoms with Crippen LogP contribution in [0, 0.1) is 13.8 Å². The SMILES string of the molecule is CCCN1C[C@H](NS(=O)(=O)c2ccc(-c3n[nH]c(C)c3C)o2)CC1=O. The van der Waals surface area contributed by atoms with Crippen LogP contribution in [-0.4, -0.2) is 48.6 Å². The van der Waals surface area contributed by atoms with Gasteiger partial charge in [-0.25, -0.2) is 13.1 Å². The summed E-state index contributed by atoms with van der Waals surface area (Å²) in [6, 6.07) is 2.55. The second-order valence-corrected chi connectivity index (χ2v) is 7.95. The van der Waals surface area contributed by atoms with Gasteiger partial charge in [0.1, 0.15) is 5.69 Å². The maximum atomic E-state index is 12.5. The summed E-state index contributed by atoms with van der Waals surface area (Å²) in [5.74, 6) is 0.356. The zero-order valence-electron chi connectivity index (χ0n) is 14.5. The van der Waals surface area contributed by atoms with Crippen molar-refractivity contribution in [2.45, 2.75) is 44.7 Å². The molecule has 1 amide bonds. The topological polar surface area (TPSA) is 108 Å². The Morgan fingerprint density at radius 1 is 1.40 bits per heavy atom. The minimum atomic E-state index is -3.83. The van der Waals surface area contributed by atoms with Gasteiger partial charge in [-0.2, -0.15) is 5.10 Å². The Hall–Kier alpha value is -2.13. The van der Waals surface area contributed by atoms with Crippen molar-refractivity contribution < 1.29 is 17.6 Å². The van der Waals surface area contributed by atoms with E-state index in [-0.39, 0.29) is 17.4 Å². The van der Waals surface area contributed by atoms with Crippen LogP contribution in [-0.2, 0) is 14.8 Å². The van der Waals surface area contributed by atoms with Gasteiger partial charge in [-0.15, -0.1) is 0 Å². The number of nitrogens with zero attached hydrogens (tertiary/aromatic N) is 2. The van der Waals surface area contributed by atoms with Crippen molar-refractivity contribution >= 4 is 15.9 Å². The number of furan rings is 1. The summed E-state index contributed by atoms with van der Waals surface area (Å²) in [5.41, 5.74) is 2.39. The third-order valence-electron chi connectivity index (χ3n) is 4.36. The first-order valence-corrected chi connectivity index (χ1v) is 9.72. The number of nitrogens with one attached hydrogen (secondary N) is 2. The molecular weight excluding hydrogens is 344 g/mol. The van der Waals surface area contributed by atoms with Crippen LogP contribution in [0.2, 0.25) is 0 Å². The minimum absolute atomic E-state index is 0.0303. The molecule has 0 saturated carbocycles. The van der Waals surface area contributed by atoms with Crippen LogP contribution in [0.5, 0.6) is 0 Å². The zero-order valence-corrected chi connectivity index (χ0v) is 15.3. The van der Waals surface area contributed by atoms with Crippen molar-refractivity contribution in [3.05, 3.63) is 23.4 Å². The molecule has 2 aromatic rings. The highest BCUT2D eigenvalue weighted by atomic mass is 32.2. The summed E-state index contributed by atoms with van der Waals surface area (Å²) in [4.78, 5) is 13.6. The fourth-order valence-corrected chi connectivity index (χ4v) is 4.09. The van der Waals surface area contributed by atoms with Crippen molar-refractivity contribution in [3.63, 3.8) is 0 Å². The van der Waals surface area contributed by atoms with E-state index in [1.165, 1.54) is 6.07 Å². The number of H-pyrrole nitrogens is 1. The maximum Gasteiger partial charge on any atom is 0.274 e. The van der Waals surface area contributed by atoms with Gasteiger partial charge in [0, 0.05) is 36.8 Å². The summed E-state index contributed by atoms with van der Waals surface area (Å²) in [5, 5.41) is 6.81. The summed E-state index contributed by atoms with van der Waals surface area (Å²) >= 11 is 0. The number of hydrogen-bond donors (Lipinski definition) is 2. The van der Waals surface area contributed by atoms with Crippen LogP contribution >= 0.6 is 0 Å². The molecule has 0 unspecified atom stereocenters. The Morgan fingerprint density at radius 2 is 2.16 bits per heavy atom. The fourth-order valence-electron chi connectivity index (χ4n) is 2.93. The van der Waals surface area contributed by atoms with Crippen LogP contribution in [0.3, 0.4) is 0 Å². The molecule has 3 heterocycles. The third kappa shape index (κ3) is 3.47. The Labute approximate surface area is 146 Å². The van der Waals surface area contributed by atoms with Crippen LogP contribution in [0.1, 0.15) is 31.0 Å². The summed E-state index contributed by atoms with van der Waals surface area (Å²) in [7, 11) is -3.83. The van der Waals surface area contributed by atoms with E-state index in [1.54, 1.807) is 11.0 Å². The van der Waals surface area contributed by atoms with Crippen molar-refractivity contribution in [1.29, 1.82) is 0 Å². The molecule has 25 heavy (non-hydrogen) atoms. The van der Waals surface area contributed by atoms with E-state index in [0.717, 1.165) is 17.7 Å². The number of amides is 1. The van der Waals surface area contributed by atoms with Crippen LogP contribution in [0.4, 0.5) is 0 Å². The van der Waals surface area contributed by atoms with Crippen molar-refractivity contribution in [3.8, 4) is 11.5 Å². The number of likely N-dealkylation sites (tertiary alicyclic amines) is 1. The second kappa shape index (κ2) is 6.64. The third-order valence-corrected chi connectivity index (χ3v) is 5.76. The molecule has 1 atom stereocenters. The second-order valence-electron chi connectivity index (χ2n) is 6.30. The lowest BCUT2D eigenvalue weighted by atomic mass is 10.2. The lowest BCUT2D eigenvalue weighted by Gasteiger charge is -2.15. The zero-order chi connectivity index (χ0) is 18.2. The molecule has 1 saturated heterocycles. The standard InChI is InChI=1S/C16H22N4O4S/c1-4-7-20-9-12(8-14(20)21)19-25(22,23)15-6-5-13(24-15)16-10(2)11(3)17-18-16/h5-6,12,19H,4,7-9H2,1-3H3,(H,17,18)/t12-/m1/s1. The number of carbonyl (C=O) groups is 1. The van der Waals surface area contributed by atoms with Crippen molar-refractivity contribution in [1.82, 2.24) is 19.8 Å². The molecular formula is C16H22N4O4S. The van der Waals surface area contributed by atoms with E-state index >= 15 is 0 Å². The van der Waals surface area contributed by atoms with Crippen molar-refractivity contribution in [2.24, 2.45) is 0 Å². The van der Waals surface area contributed by atoms with E-state index in [2.05, 4.69) is 14.9 Å². The Kier molecular flexibility index (Phi) is 4.70. The number of hydrogen-bond acceptors (Lipinski definition) is 5. The van der Waals surface area contributed by atoms with Crippen molar-refractivity contribution in [2.75, 3.05) is 13.1 Å². The molecule has 0 radical (unpaired) electrons. The summed E-state index contributed by atoms with van der Waals surface area (Å²) < 4.78 is 33.1. The molecule has 0 aromatic carbocycles. The van der Waals surface area contributed by atoms with E-state index < -0.39 is 16.1 Å². The number of carbonyl (C=O) groups excluding carboxylic acids is 1. The van der Waals surface area contributed by atoms with Gasteiger partial charge >= 0.3 is 0 Å². The molecule has 2 aromatic heterocycles. The van der Waals surface area contributed by atoms with Gasteiger partial charge in [0.2, 0.25) is 11.0 Å². The number of aromatic amines is 1. The van der Waals surface area contributed by atoms with E-state index in [1.807, 2.05) is 20.8 Å². The van der Waals surface area contributed by atoms with Gasteiger partial charge in [0.05, 0.1) is 0 Å². The molecule has 2 N–H and O–H groups in total. The van der Waals surface area contributed by atoms with Crippen LogP contribution in [0.15, 0.2) is 21.6 Å². The monoisotopic (exact) mass is 366 g/mol. The maximum absolute atomic E-state index is 12.5. The predicted octanol–water partition coefficient (Wildman–Crippen LogP) is 1.58. The molecule has 1 aliphatic heterocycles. The molecule has 0 spiro atoms. The largest absolute Gasteiger partial charge is 0.442 e. The van der Waals surface area contributed by atoms with Crippen LogP contribution in [0.25, 0.3) is 11.5 Å². The quantitative estimate of drug-likeness (QED) is 0.807.